The van der Waals surface area contributed by atoms with Crippen molar-refractivity contribution in [2.75, 3.05) is 0 Å². The van der Waals surface area contributed by atoms with Gasteiger partial charge in [0.2, 0.25) is 0 Å². The van der Waals surface area contributed by atoms with E-state index >= 15 is 0 Å². The Balaban J connectivity index is 2.52. The van der Waals surface area contributed by atoms with Gasteiger partial charge in [0.05, 0.1) is 18.1 Å². The Kier molecular flexibility index (Phi) is 1.88. The summed E-state index contributed by atoms with van der Waals surface area (Å²) in [4.78, 5) is 14.5. The second-order valence-corrected chi connectivity index (χ2v) is 2.50. The molecular weight excluding hydrogens is 166 g/mol. The van der Waals surface area contributed by atoms with Gasteiger partial charge >= 0.3 is 0 Å². The number of pyridine rings is 1. The summed E-state index contributed by atoms with van der Waals surface area (Å²) in [7, 11) is 0. The Bertz CT molecular complexity index is 408. The maximum Gasteiger partial charge on any atom is 0.168 e. The highest BCUT2D eigenvalue weighted by Gasteiger charge is 2.01. The van der Waals surface area contributed by atoms with Crippen LogP contribution in [0.4, 0.5) is 0 Å². The van der Waals surface area contributed by atoms with E-state index < -0.39 is 0 Å². The molecule has 4 heteroatoms. The van der Waals surface area contributed by atoms with Gasteiger partial charge in [0, 0.05) is 6.20 Å². The molecule has 0 amide bonds. The van der Waals surface area contributed by atoms with Gasteiger partial charge in [-0.3, -0.25) is 9.78 Å². The monoisotopic (exact) mass is 173 g/mol. The molecule has 0 aliphatic carbocycles. The number of aldehydes is 1. The van der Waals surface area contributed by atoms with Crippen molar-refractivity contribution in [3.05, 3.63) is 42.5 Å². The van der Waals surface area contributed by atoms with Gasteiger partial charge in [0.25, 0.3) is 0 Å². The van der Waals surface area contributed by atoms with Crippen molar-refractivity contribution in [3.63, 3.8) is 0 Å². The molecule has 2 aromatic heterocycles. The minimum Gasteiger partial charge on any atom is -0.296 e. The quantitative estimate of drug-likeness (QED) is 0.638. The second-order valence-electron chi connectivity index (χ2n) is 2.50. The van der Waals surface area contributed by atoms with Crippen LogP contribution >= 0.6 is 0 Å². The van der Waals surface area contributed by atoms with Crippen molar-refractivity contribution in [2.24, 2.45) is 0 Å². The molecule has 0 fully saturated rings. The van der Waals surface area contributed by atoms with Crippen molar-refractivity contribution in [1.29, 1.82) is 0 Å². The maximum atomic E-state index is 10.6. The summed E-state index contributed by atoms with van der Waals surface area (Å²) in [6, 6.07) is 5.29. The van der Waals surface area contributed by atoms with E-state index in [-0.39, 0.29) is 0 Å². The first-order valence-corrected chi connectivity index (χ1v) is 3.81. The molecule has 0 aliphatic heterocycles. The number of hydrogen-bond donors (Lipinski definition) is 0. The van der Waals surface area contributed by atoms with Gasteiger partial charge in [0.1, 0.15) is 5.69 Å². The minimum absolute atomic E-state index is 0.521. The van der Waals surface area contributed by atoms with E-state index in [9.17, 15) is 4.79 Å². The van der Waals surface area contributed by atoms with Crippen LogP contribution in [0.2, 0.25) is 0 Å². The Morgan fingerprint density at radius 3 is 2.92 bits per heavy atom. The lowest BCUT2D eigenvalue weighted by molar-refractivity contribution is 0.111. The van der Waals surface area contributed by atoms with Gasteiger partial charge in [-0.1, -0.05) is 0 Å². The number of rotatable bonds is 2. The Labute approximate surface area is 74.8 Å². The summed E-state index contributed by atoms with van der Waals surface area (Å²) in [5.41, 5.74) is 1.31. The molecule has 0 bridgehead atoms. The summed E-state index contributed by atoms with van der Waals surface area (Å²) in [6.07, 6.45) is 5.67. The molecule has 0 radical (unpaired) electrons. The van der Waals surface area contributed by atoms with Gasteiger partial charge in [0.15, 0.2) is 6.29 Å². The van der Waals surface area contributed by atoms with Gasteiger partial charge in [-0.05, 0) is 18.2 Å². The van der Waals surface area contributed by atoms with Gasteiger partial charge in [-0.15, -0.1) is 0 Å². The van der Waals surface area contributed by atoms with Crippen LogP contribution < -0.4 is 0 Å². The van der Waals surface area contributed by atoms with Crippen LogP contribution in [0.5, 0.6) is 0 Å². The number of carbonyl (C=O) groups excluding carboxylic acids is 1. The van der Waals surface area contributed by atoms with Gasteiger partial charge in [-0.2, -0.15) is 5.10 Å². The predicted molar refractivity (Wildman–Crippen MR) is 46.7 cm³/mol. The fourth-order valence-corrected chi connectivity index (χ4v) is 1.10. The van der Waals surface area contributed by atoms with E-state index in [0.29, 0.717) is 5.69 Å². The molecule has 0 aliphatic rings. The zero-order valence-electron chi connectivity index (χ0n) is 6.79. The number of nitrogens with zero attached hydrogens (tertiary/aromatic N) is 3. The fourth-order valence-electron chi connectivity index (χ4n) is 1.10. The van der Waals surface area contributed by atoms with Crippen molar-refractivity contribution in [2.45, 2.75) is 0 Å². The lowest BCUT2D eigenvalue weighted by Crippen LogP contribution is -2.00. The molecule has 0 atom stereocenters. The summed E-state index contributed by atoms with van der Waals surface area (Å²) >= 11 is 0. The average molecular weight is 173 g/mol. The van der Waals surface area contributed by atoms with Crippen LogP contribution in [0.3, 0.4) is 0 Å². The molecule has 0 spiro atoms. The van der Waals surface area contributed by atoms with Crippen molar-refractivity contribution in [3.8, 4) is 5.69 Å². The smallest absolute Gasteiger partial charge is 0.168 e. The van der Waals surface area contributed by atoms with E-state index in [1.165, 1.54) is 0 Å². The second kappa shape index (κ2) is 3.18. The molecule has 2 heterocycles. The summed E-state index contributed by atoms with van der Waals surface area (Å²) in [5.74, 6) is 0. The van der Waals surface area contributed by atoms with Crippen molar-refractivity contribution < 1.29 is 4.79 Å². The third-order valence-corrected chi connectivity index (χ3v) is 1.68. The van der Waals surface area contributed by atoms with E-state index in [2.05, 4.69) is 10.1 Å². The van der Waals surface area contributed by atoms with Crippen LogP contribution in [-0.2, 0) is 0 Å². The topological polar surface area (TPSA) is 47.8 Å². The highest BCUT2D eigenvalue weighted by molar-refractivity contribution is 5.72. The minimum atomic E-state index is 0.521. The van der Waals surface area contributed by atoms with Crippen LogP contribution in [0.1, 0.15) is 10.5 Å². The number of carbonyl (C=O) groups is 1. The highest BCUT2D eigenvalue weighted by Crippen LogP contribution is 2.05. The Hall–Kier alpha value is -1.97. The molecule has 13 heavy (non-hydrogen) atoms. The molecule has 0 unspecified atom stereocenters. The maximum absolute atomic E-state index is 10.6. The van der Waals surface area contributed by atoms with Gasteiger partial charge in [-0.25, -0.2) is 4.68 Å². The molecule has 64 valence electrons. The molecule has 2 aromatic rings. The lowest BCUT2D eigenvalue weighted by atomic mass is 10.4. The Morgan fingerprint density at radius 1 is 1.31 bits per heavy atom. The van der Waals surface area contributed by atoms with Crippen LogP contribution in [0.15, 0.2) is 36.8 Å². The molecule has 0 saturated heterocycles. The third kappa shape index (κ3) is 1.33. The van der Waals surface area contributed by atoms with Crippen LogP contribution in [0, 0.1) is 0 Å². The molecule has 0 aromatic carbocycles. The first kappa shape index (κ1) is 7.67. The van der Waals surface area contributed by atoms with E-state index in [0.717, 1.165) is 12.0 Å². The molecule has 0 N–H and O–H groups in total. The van der Waals surface area contributed by atoms with E-state index in [1.807, 2.05) is 6.07 Å². The first-order valence-electron chi connectivity index (χ1n) is 3.81. The normalized spacial score (nSPS) is 9.85. The fraction of sp³-hybridized carbons (Fsp3) is 0. The summed E-state index contributed by atoms with van der Waals surface area (Å²) in [6.45, 7) is 0. The summed E-state index contributed by atoms with van der Waals surface area (Å²) in [5, 5.41) is 4.00. The molecule has 2 rings (SSSR count). The zero-order chi connectivity index (χ0) is 9.10. The molecule has 0 saturated carbocycles. The number of aromatic nitrogens is 3. The lowest BCUT2D eigenvalue weighted by Gasteiger charge is -2.00. The predicted octanol–water partition coefficient (Wildman–Crippen LogP) is 1.08. The Morgan fingerprint density at radius 2 is 2.23 bits per heavy atom. The number of hydrogen-bond acceptors (Lipinski definition) is 3. The SMILES string of the molecule is O=Cc1ccnn1-c1cccnc1. The average Bonchev–Trinajstić information content (AvgIpc) is 2.67. The van der Waals surface area contributed by atoms with Crippen LogP contribution in [-0.4, -0.2) is 21.1 Å². The van der Waals surface area contributed by atoms with Crippen molar-refractivity contribution in [1.82, 2.24) is 14.8 Å². The summed E-state index contributed by atoms with van der Waals surface area (Å²) < 4.78 is 1.54. The van der Waals surface area contributed by atoms with Crippen molar-refractivity contribution >= 4 is 6.29 Å². The third-order valence-electron chi connectivity index (χ3n) is 1.68. The molecular formula is C9H7N3O. The zero-order valence-corrected chi connectivity index (χ0v) is 6.79. The largest absolute Gasteiger partial charge is 0.296 e. The van der Waals surface area contributed by atoms with Gasteiger partial charge < -0.3 is 0 Å². The van der Waals surface area contributed by atoms with E-state index in [4.69, 9.17) is 0 Å². The first-order chi connectivity index (χ1) is 6.42. The standard InChI is InChI=1S/C9H7N3O/c13-7-9-3-5-11-12(9)8-2-1-4-10-6-8/h1-7H. The van der Waals surface area contributed by atoms with Crippen LogP contribution in [0.25, 0.3) is 5.69 Å². The van der Waals surface area contributed by atoms with E-state index in [1.54, 1.807) is 35.4 Å². The highest BCUT2D eigenvalue weighted by atomic mass is 16.1. The molecule has 4 nitrogen and oxygen atoms in total.